The number of hydrogen-bond acceptors (Lipinski definition) is 1. The number of benzene rings is 1. The normalized spacial score (nSPS) is 19.2. The Bertz CT molecular complexity index is 761. The van der Waals surface area contributed by atoms with Crippen LogP contribution < -0.4 is 0 Å². The van der Waals surface area contributed by atoms with E-state index < -0.39 is 5.38 Å². The summed E-state index contributed by atoms with van der Waals surface area (Å²) in [6.07, 6.45) is 0. The second kappa shape index (κ2) is 4.57. The van der Waals surface area contributed by atoms with Gasteiger partial charge in [-0.2, -0.15) is 0 Å². The number of alkyl halides is 1. The maximum atomic E-state index is 12.3. The van der Waals surface area contributed by atoms with Crippen molar-refractivity contribution >= 4 is 79.9 Å². The number of nitrogens with zero attached hydrogens (tertiary/aromatic N) is 1. The van der Waals surface area contributed by atoms with E-state index >= 15 is 0 Å². The number of allylic oxidation sites excluding steroid dienone is 1. The molecule has 0 aliphatic heterocycles. The minimum Gasteiger partial charge on any atom is -0.292 e. The quantitative estimate of drug-likeness (QED) is 0.592. The highest BCUT2D eigenvalue weighted by Gasteiger charge is 2.36. The highest BCUT2D eigenvalue weighted by atomic mass is 35.5. The molecule has 0 amide bonds. The molecule has 2 aromatic rings. The molecule has 0 bridgehead atoms. The molecule has 19 heavy (non-hydrogen) atoms. The second-order valence-corrected chi connectivity index (χ2v) is 6.00. The lowest BCUT2D eigenvalue weighted by atomic mass is 9.99. The van der Waals surface area contributed by atoms with Gasteiger partial charge >= 0.3 is 0 Å². The van der Waals surface area contributed by atoms with Crippen molar-refractivity contribution in [3.63, 3.8) is 0 Å². The lowest BCUT2D eigenvalue weighted by Crippen LogP contribution is -2.21. The highest BCUT2D eigenvalue weighted by Crippen LogP contribution is 2.44. The maximum Gasteiger partial charge on any atom is 0.188 e. The molecule has 0 saturated heterocycles. The standard InChI is InChI=1S/C12H4Cl5NO/c13-5-3-1-2-4-6-11(18(17)10(4)5)8(15)7(14)9(16)12(6)19/h1-3,9H. The first-order valence-electron chi connectivity index (χ1n) is 5.18. The van der Waals surface area contributed by atoms with Crippen molar-refractivity contribution in [3.8, 4) is 0 Å². The van der Waals surface area contributed by atoms with Crippen LogP contribution in [0.1, 0.15) is 16.1 Å². The maximum absolute atomic E-state index is 12.3. The van der Waals surface area contributed by atoms with E-state index in [-0.39, 0.29) is 15.8 Å². The van der Waals surface area contributed by atoms with Crippen LogP contribution >= 0.6 is 58.2 Å². The predicted molar refractivity (Wildman–Crippen MR) is 80.8 cm³/mol. The summed E-state index contributed by atoms with van der Waals surface area (Å²) in [5, 5.41) is 0.264. The lowest BCUT2D eigenvalue weighted by molar-refractivity contribution is 0.0998. The summed E-state index contributed by atoms with van der Waals surface area (Å²) in [5.41, 5.74) is 1.19. The number of aromatic nitrogens is 1. The third kappa shape index (κ3) is 1.75. The molecule has 1 aliphatic rings. The first-order valence-corrected chi connectivity index (χ1v) is 7.09. The van der Waals surface area contributed by atoms with Crippen molar-refractivity contribution in [2.45, 2.75) is 5.38 Å². The van der Waals surface area contributed by atoms with Crippen LogP contribution in [0.3, 0.4) is 0 Å². The van der Waals surface area contributed by atoms with Gasteiger partial charge in [0.05, 0.1) is 31.9 Å². The van der Waals surface area contributed by atoms with Crippen LogP contribution in [-0.2, 0) is 0 Å². The van der Waals surface area contributed by atoms with E-state index in [0.29, 0.717) is 27.2 Å². The molecule has 3 rings (SSSR count). The molecule has 1 aromatic carbocycles. The van der Waals surface area contributed by atoms with Crippen molar-refractivity contribution in [1.29, 1.82) is 0 Å². The van der Waals surface area contributed by atoms with E-state index in [4.69, 9.17) is 58.2 Å². The number of ketones is 1. The van der Waals surface area contributed by atoms with Crippen molar-refractivity contribution < 1.29 is 4.79 Å². The summed E-state index contributed by atoms with van der Waals surface area (Å²) in [6, 6.07) is 5.14. The predicted octanol–water partition coefficient (Wildman–Crippen LogP) is 5.25. The number of para-hydroxylation sites is 1. The van der Waals surface area contributed by atoms with Gasteiger partial charge in [0.25, 0.3) is 0 Å². The Labute approximate surface area is 133 Å². The van der Waals surface area contributed by atoms with Crippen LogP contribution in [0.4, 0.5) is 0 Å². The molecule has 0 N–H and O–H groups in total. The van der Waals surface area contributed by atoms with Crippen molar-refractivity contribution in [2.75, 3.05) is 0 Å². The Morgan fingerprint density at radius 3 is 2.53 bits per heavy atom. The van der Waals surface area contributed by atoms with Gasteiger partial charge in [-0.05, 0) is 6.07 Å². The van der Waals surface area contributed by atoms with Crippen LogP contribution in [0, 0.1) is 0 Å². The molecule has 2 nitrogen and oxygen atoms in total. The third-order valence-electron chi connectivity index (χ3n) is 3.00. The highest BCUT2D eigenvalue weighted by molar-refractivity contribution is 6.61. The zero-order valence-corrected chi connectivity index (χ0v) is 12.8. The van der Waals surface area contributed by atoms with Crippen LogP contribution in [0.25, 0.3) is 15.9 Å². The number of rotatable bonds is 0. The molecular formula is C12H4Cl5NO. The Hall–Kier alpha value is -0.380. The minimum atomic E-state index is -0.997. The zero-order valence-electron chi connectivity index (χ0n) is 9.05. The van der Waals surface area contributed by atoms with Crippen LogP contribution in [0.5, 0.6) is 0 Å². The second-order valence-electron chi connectivity index (χ2n) is 4.03. The van der Waals surface area contributed by atoms with Crippen molar-refractivity contribution in [1.82, 2.24) is 4.09 Å². The Morgan fingerprint density at radius 2 is 1.84 bits per heavy atom. The van der Waals surface area contributed by atoms with Gasteiger partial charge < -0.3 is 0 Å². The van der Waals surface area contributed by atoms with Crippen molar-refractivity contribution in [2.24, 2.45) is 0 Å². The van der Waals surface area contributed by atoms with Crippen LogP contribution in [0.2, 0.25) is 5.02 Å². The van der Waals surface area contributed by atoms with Gasteiger partial charge in [-0.3, -0.25) is 4.79 Å². The van der Waals surface area contributed by atoms with Gasteiger partial charge in [0.2, 0.25) is 0 Å². The average Bonchev–Trinajstić information content (AvgIpc) is 2.69. The summed E-state index contributed by atoms with van der Waals surface area (Å²) in [7, 11) is 0. The smallest absolute Gasteiger partial charge is 0.188 e. The number of hydrogen-bond donors (Lipinski definition) is 0. The van der Waals surface area contributed by atoms with Gasteiger partial charge in [0.1, 0.15) is 5.38 Å². The fraction of sp³-hybridized carbons (Fsp3) is 0.0833. The largest absolute Gasteiger partial charge is 0.292 e. The summed E-state index contributed by atoms with van der Waals surface area (Å²) < 4.78 is 1.25. The molecule has 98 valence electrons. The molecule has 1 unspecified atom stereocenters. The Kier molecular flexibility index (Phi) is 3.27. The van der Waals surface area contributed by atoms with E-state index in [9.17, 15) is 4.79 Å². The van der Waals surface area contributed by atoms with E-state index in [0.717, 1.165) is 0 Å². The fourth-order valence-corrected chi connectivity index (χ4v) is 3.61. The fourth-order valence-electron chi connectivity index (χ4n) is 2.17. The zero-order chi connectivity index (χ0) is 13.9. The minimum absolute atomic E-state index is 0.0710. The molecule has 0 fully saturated rings. The summed E-state index contributed by atoms with van der Waals surface area (Å²) in [6.45, 7) is 0. The topological polar surface area (TPSA) is 22.0 Å². The molecule has 1 atom stereocenters. The molecule has 1 aliphatic carbocycles. The lowest BCUT2D eigenvalue weighted by Gasteiger charge is -2.17. The number of halogens is 5. The molecule has 0 saturated carbocycles. The number of Topliss-reactive ketones (excluding diaryl/α,β-unsaturated/α-hetero) is 1. The van der Waals surface area contributed by atoms with Gasteiger partial charge in [0, 0.05) is 17.2 Å². The molecule has 7 heteroatoms. The number of fused-ring (bicyclic) bond motifs is 3. The van der Waals surface area contributed by atoms with E-state index in [2.05, 4.69) is 0 Å². The Morgan fingerprint density at radius 1 is 1.16 bits per heavy atom. The van der Waals surface area contributed by atoms with E-state index in [1.165, 1.54) is 4.09 Å². The van der Waals surface area contributed by atoms with Crippen LogP contribution in [0.15, 0.2) is 23.2 Å². The molecule has 1 aromatic heterocycles. The van der Waals surface area contributed by atoms with E-state index in [1.54, 1.807) is 18.2 Å². The van der Waals surface area contributed by atoms with Gasteiger partial charge in [-0.1, -0.05) is 46.9 Å². The molecule has 1 heterocycles. The van der Waals surface area contributed by atoms with Gasteiger partial charge in [0.15, 0.2) is 5.78 Å². The van der Waals surface area contributed by atoms with E-state index in [1.807, 2.05) is 0 Å². The molecule has 0 radical (unpaired) electrons. The average molecular weight is 355 g/mol. The Balaban J connectivity index is 2.54. The number of carbonyl (C=O) groups is 1. The third-order valence-corrected chi connectivity index (χ3v) is 5.06. The monoisotopic (exact) mass is 353 g/mol. The molecule has 0 spiro atoms. The van der Waals surface area contributed by atoms with Gasteiger partial charge in [-0.15, -0.1) is 11.6 Å². The van der Waals surface area contributed by atoms with Crippen molar-refractivity contribution in [3.05, 3.63) is 39.5 Å². The first kappa shape index (κ1) is 13.6. The SMILES string of the molecule is O=C1c2c(n(Cl)c3c(Cl)cccc23)C(Cl)=C(Cl)C1Cl. The summed E-state index contributed by atoms with van der Waals surface area (Å²) in [5.74, 6) is -0.335. The van der Waals surface area contributed by atoms with Crippen LogP contribution in [-0.4, -0.2) is 15.2 Å². The first-order chi connectivity index (χ1) is 8.95. The summed E-state index contributed by atoms with van der Waals surface area (Å²) >= 11 is 30.4. The number of carbonyl (C=O) groups excluding carboxylic acids is 1. The van der Waals surface area contributed by atoms with Gasteiger partial charge in [-0.25, -0.2) is 4.09 Å². The summed E-state index contributed by atoms with van der Waals surface area (Å²) in [4.78, 5) is 12.3. The molecular weight excluding hydrogens is 351 g/mol.